The molecule has 0 spiro atoms. The molecule has 1 saturated carbocycles. The van der Waals surface area contributed by atoms with Gasteiger partial charge in [0.2, 0.25) is 0 Å². The molecule has 0 atom stereocenters. The van der Waals surface area contributed by atoms with Gasteiger partial charge in [0.15, 0.2) is 0 Å². The zero-order chi connectivity index (χ0) is 19.8. The van der Waals surface area contributed by atoms with Crippen LogP contribution in [0.15, 0.2) is 54.6 Å². The normalized spacial score (nSPS) is 16.6. The van der Waals surface area contributed by atoms with Crippen LogP contribution in [0.25, 0.3) is 21.9 Å². The molecule has 1 heteroatoms. The maximum Gasteiger partial charge on any atom is 0 e. The summed E-state index contributed by atoms with van der Waals surface area (Å²) in [7, 11) is 0. The van der Waals surface area contributed by atoms with Crippen LogP contribution >= 0.6 is 0 Å². The summed E-state index contributed by atoms with van der Waals surface area (Å²) in [4.78, 5) is 0. The summed E-state index contributed by atoms with van der Waals surface area (Å²) >= 11 is 0. The maximum atomic E-state index is 2.48. The summed E-state index contributed by atoms with van der Waals surface area (Å²) in [5.74, 6) is 0. The second kappa shape index (κ2) is 8.97. The number of hydrogen-bond donors (Lipinski definition) is 0. The van der Waals surface area contributed by atoms with E-state index in [1.54, 1.807) is 0 Å². The van der Waals surface area contributed by atoms with Crippen LogP contribution in [-0.4, -0.2) is 0 Å². The van der Waals surface area contributed by atoms with Gasteiger partial charge in [0.25, 0.3) is 0 Å². The molecule has 0 aliphatic heterocycles. The number of hydrogen-bond acceptors (Lipinski definition) is 0. The van der Waals surface area contributed by atoms with Crippen LogP contribution in [-0.2, 0) is 38.0 Å². The van der Waals surface area contributed by atoms with Crippen molar-refractivity contribution in [2.24, 2.45) is 5.41 Å². The van der Waals surface area contributed by atoms with Gasteiger partial charge < -0.3 is 0 Å². The van der Waals surface area contributed by atoms with E-state index in [0.29, 0.717) is 5.41 Å². The Balaban J connectivity index is 0.00000240. The van der Waals surface area contributed by atoms with E-state index in [1.165, 1.54) is 78.0 Å². The van der Waals surface area contributed by atoms with Crippen LogP contribution in [0.2, 0.25) is 0 Å². The molecule has 1 fully saturated rings. The summed E-state index contributed by atoms with van der Waals surface area (Å²) in [6.07, 6.45) is 9.65. The average Bonchev–Trinajstić information content (AvgIpc) is 3.10. The number of benzene rings is 2. The summed E-state index contributed by atoms with van der Waals surface area (Å²) < 4.78 is 0. The topological polar surface area (TPSA) is 0 Å². The molecule has 3 aromatic carbocycles. The molecule has 1 aliphatic carbocycles. The second-order valence-corrected chi connectivity index (χ2v) is 10.1. The Bertz CT molecular complexity index is 931. The minimum Gasteiger partial charge on any atom is -0.164 e. The van der Waals surface area contributed by atoms with E-state index in [4.69, 9.17) is 0 Å². The molecule has 0 saturated heterocycles. The van der Waals surface area contributed by atoms with Crippen LogP contribution in [0.3, 0.4) is 0 Å². The van der Waals surface area contributed by atoms with Crippen molar-refractivity contribution >= 4 is 10.8 Å². The first-order valence-corrected chi connectivity index (χ1v) is 11.2. The average molecular weight is 463 g/mol. The van der Waals surface area contributed by atoms with Crippen LogP contribution in [0.5, 0.6) is 0 Å². The van der Waals surface area contributed by atoms with E-state index in [-0.39, 0.29) is 31.6 Å². The smallest absolute Gasteiger partial charge is 0 e. The number of fused-ring (bicyclic) bond motifs is 1. The fraction of sp³-hybridized carbons (Fsp3) is 0.464. The Hall–Kier alpha value is -1.07. The largest absolute Gasteiger partial charge is 0.164 e. The number of rotatable bonds is 4. The Morgan fingerprint density at radius 2 is 1.62 bits per heavy atom. The van der Waals surface area contributed by atoms with Gasteiger partial charge in [-0.1, -0.05) is 89.3 Å². The van der Waals surface area contributed by atoms with E-state index in [1.807, 2.05) is 0 Å². The van der Waals surface area contributed by atoms with E-state index < -0.39 is 0 Å². The summed E-state index contributed by atoms with van der Waals surface area (Å²) in [6, 6.07) is 20.9. The van der Waals surface area contributed by atoms with Gasteiger partial charge in [-0.3, -0.25) is 0 Å². The molecule has 0 amide bonds. The Labute approximate surface area is 196 Å². The third-order valence-electron chi connectivity index (χ3n) is 7.12. The first kappa shape index (κ1) is 22.6. The molecular formula is C28H35Zr-. The van der Waals surface area contributed by atoms with Gasteiger partial charge in [0.05, 0.1) is 0 Å². The SMILES string of the molecule is CCC1(Cc2cc3c(-c4ccc(C(C)(C)C)cc4)cccc3[cH-]2)CCCCC1.[Zr]. The van der Waals surface area contributed by atoms with Gasteiger partial charge in [-0.25, -0.2) is 0 Å². The van der Waals surface area contributed by atoms with Crippen LogP contribution in [0.4, 0.5) is 0 Å². The molecule has 0 radical (unpaired) electrons. The molecular weight excluding hydrogens is 428 g/mol. The van der Waals surface area contributed by atoms with Gasteiger partial charge in [-0.15, -0.1) is 34.5 Å². The molecule has 0 aromatic heterocycles. The monoisotopic (exact) mass is 461 g/mol. The molecule has 3 aromatic rings. The second-order valence-electron chi connectivity index (χ2n) is 10.1. The fourth-order valence-corrected chi connectivity index (χ4v) is 5.19. The quantitative estimate of drug-likeness (QED) is 0.341. The summed E-state index contributed by atoms with van der Waals surface area (Å²) in [6.45, 7) is 9.24. The Morgan fingerprint density at radius 1 is 0.931 bits per heavy atom. The summed E-state index contributed by atoms with van der Waals surface area (Å²) in [5.41, 5.74) is 6.38. The van der Waals surface area contributed by atoms with E-state index in [2.05, 4.69) is 82.3 Å². The van der Waals surface area contributed by atoms with Gasteiger partial charge >= 0.3 is 0 Å². The van der Waals surface area contributed by atoms with E-state index in [9.17, 15) is 0 Å². The van der Waals surface area contributed by atoms with Crippen LogP contribution < -0.4 is 0 Å². The van der Waals surface area contributed by atoms with Crippen molar-refractivity contribution in [2.45, 2.75) is 78.1 Å². The molecule has 0 heterocycles. The van der Waals surface area contributed by atoms with Crippen molar-refractivity contribution in [2.75, 3.05) is 0 Å². The van der Waals surface area contributed by atoms with Crippen molar-refractivity contribution in [1.29, 1.82) is 0 Å². The zero-order valence-electron chi connectivity index (χ0n) is 18.6. The Kier molecular flexibility index (Phi) is 7.00. The molecule has 0 N–H and O–H groups in total. The molecule has 4 rings (SSSR count). The van der Waals surface area contributed by atoms with Crippen LogP contribution in [0, 0.1) is 5.41 Å². The molecule has 152 valence electrons. The first-order chi connectivity index (χ1) is 13.4. The van der Waals surface area contributed by atoms with Crippen molar-refractivity contribution < 1.29 is 26.2 Å². The van der Waals surface area contributed by atoms with Crippen molar-refractivity contribution in [3.8, 4) is 11.1 Å². The molecule has 1 aliphatic rings. The molecule has 0 nitrogen and oxygen atoms in total. The first-order valence-electron chi connectivity index (χ1n) is 11.2. The molecule has 0 bridgehead atoms. The maximum absolute atomic E-state index is 2.48. The predicted molar refractivity (Wildman–Crippen MR) is 123 cm³/mol. The zero-order valence-corrected chi connectivity index (χ0v) is 21.1. The van der Waals surface area contributed by atoms with E-state index in [0.717, 1.165) is 0 Å². The van der Waals surface area contributed by atoms with Gasteiger partial charge in [0.1, 0.15) is 0 Å². The standard InChI is InChI=1S/C28H35.Zr/c1-5-28(16-7-6-8-17-28)20-21-18-23-10-9-11-25(26(23)19-21)22-12-14-24(15-13-22)27(2,3)4;/h9-15,18-19H,5-8,16-17,20H2,1-4H3;/q-1;. The Morgan fingerprint density at radius 3 is 2.24 bits per heavy atom. The molecule has 0 unspecified atom stereocenters. The summed E-state index contributed by atoms with van der Waals surface area (Å²) in [5, 5.41) is 2.82. The molecule has 29 heavy (non-hydrogen) atoms. The third kappa shape index (κ3) is 4.82. The predicted octanol–water partition coefficient (Wildman–Crippen LogP) is 8.42. The van der Waals surface area contributed by atoms with Crippen molar-refractivity contribution in [1.82, 2.24) is 0 Å². The minimum absolute atomic E-state index is 0. The van der Waals surface area contributed by atoms with Gasteiger partial charge in [0, 0.05) is 26.2 Å². The van der Waals surface area contributed by atoms with Gasteiger partial charge in [-0.2, -0.15) is 6.07 Å². The third-order valence-corrected chi connectivity index (χ3v) is 7.12. The minimum atomic E-state index is 0. The van der Waals surface area contributed by atoms with Gasteiger partial charge in [-0.05, 0) is 41.2 Å². The van der Waals surface area contributed by atoms with E-state index >= 15 is 0 Å². The van der Waals surface area contributed by atoms with Crippen molar-refractivity contribution in [3.63, 3.8) is 0 Å². The van der Waals surface area contributed by atoms with Crippen LogP contribution in [0.1, 0.15) is 77.3 Å². The van der Waals surface area contributed by atoms with Crippen molar-refractivity contribution in [3.05, 3.63) is 65.7 Å². The fourth-order valence-electron chi connectivity index (χ4n) is 5.19.